The van der Waals surface area contributed by atoms with Gasteiger partial charge in [0.25, 0.3) is 0 Å². The molecule has 2 heterocycles. The number of hydrogen-bond acceptors (Lipinski definition) is 4. The van der Waals surface area contributed by atoms with Crippen LogP contribution in [0.4, 0.5) is 13.2 Å². The number of nitrogens with zero attached hydrogens (tertiary/aromatic N) is 1. The molecule has 130 valence electrons. The highest BCUT2D eigenvalue weighted by Gasteiger charge is 2.33. The summed E-state index contributed by atoms with van der Waals surface area (Å²) in [5.41, 5.74) is -0.300. The molecule has 4 atom stereocenters. The Kier molecular flexibility index (Phi) is 4.63. The maximum absolute atomic E-state index is 12.8. The molecule has 1 aromatic rings. The van der Waals surface area contributed by atoms with E-state index in [1.54, 1.807) is 18.2 Å². The SMILES string of the molecule is O=[S+]1([O-])CCC(N=CC2C=CC(c3cccc(C(F)(F)F)c3)O2)C1. The molecule has 2 aliphatic heterocycles. The number of benzene rings is 1. The van der Waals surface area contributed by atoms with E-state index in [0.29, 0.717) is 12.0 Å². The Bertz CT molecular complexity index is 717. The van der Waals surface area contributed by atoms with E-state index in [2.05, 4.69) is 4.99 Å². The number of rotatable bonds is 3. The molecule has 2 aliphatic rings. The van der Waals surface area contributed by atoms with Crippen molar-refractivity contribution in [2.45, 2.75) is 30.8 Å². The van der Waals surface area contributed by atoms with Gasteiger partial charge in [0.1, 0.15) is 23.7 Å². The molecule has 8 heteroatoms. The van der Waals surface area contributed by atoms with Crippen LogP contribution in [-0.4, -0.2) is 34.4 Å². The third-order valence-electron chi connectivity index (χ3n) is 3.97. The fourth-order valence-corrected chi connectivity index (χ4v) is 4.37. The molecule has 0 aromatic heterocycles. The van der Waals surface area contributed by atoms with Crippen LogP contribution in [0, 0.1) is 0 Å². The summed E-state index contributed by atoms with van der Waals surface area (Å²) in [6, 6.07) is 4.74. The molecule has 1 fully saturated rings. The van der Waals surface area contributed by atoms with Crippen LogP contribution in [-0.2, 0) is 25.3 Å². The second-order valence-corrected chi connectivity index (χ2v) is 8.11. The smallest absolute Gasteiger partial charge is 0.416 e. The first-order chi connectivity index (χ1) is 11.2. The van der Waals surface area contributed by atoms with E-state index in [-0.39, 0.29) is 17.5 Å². The molecular weight excluding hydrogens is 343 g/mol. The minimum absolute atomic E-state index is 0.0387. The Balaban J connectivity index is 1.62. The lowest BCUT2D eigenvalue weighted by molar-refractivity contribution is -0.137. The summed E-state index contributed by atoms with van der Waals surface area (Å²) >= 11 is 0. The van der Waals surface area contributed by atoms with Gasteiger partial charge in [-0.1, -0.05) is 24.3 Å². The van der Waals surface area contributed by atoms with Crippen molar-refractivity contribution in [1.82, 2.24) is 0 Å². The largest absolute Gasteiger partial charge is 0.615 e. The Morgan fingerprint density at radius 2 is 2.12 bits per heavy atom. The minimum atomic E-state index is -4.40. The van der Waals surface area contributed by atoms with Crippen molar-refractivity contribution in [1.29, 1.82) is 0 Å². The third-order valence-corrected chi connectivity index (χ3v) is 5.72. The molecular formula is C16H16F3NO3S. The molecule has 1 aromatic carbocycles. The van der Waals surface area contributed by atoms with E-state index in [0.717, 1.165) is 12.1 Å². The molecule has 0 spiro atoms. The highest BCUT2D eigenvalue weighted by Crippen LogP contribution is 2.33. The van der Waals surface area contributed by atoms with E-state index < -0.39 is 34.2 Å². The molecule has 0 aliphatic carbocycles. The summed E-state index contributed by atoms with van der Waals surface area (Å²) in [6.07, 6.45) is -0.0335. The summed E-state index contributed by atoms with van der Waals surface area (Å²) in [5.74, 6) is 0.181. The van der Waals surface area contributed by atoms with Crippen molar-refractivity contribution >= 4 is 16.4 Å². The lowest BCUT2D eigenvalue weighted by Crippen LogP contribution is -2.16. The van der Waals surface area contributed by atoms with Crippen molar-refractivity contribution in [3.05, 3.63) is 47.5 Å². The highest BCUT2D eigenvalue weighted by molar-refractivity contribution is 7.97. The van der Waals surface area contributed by atoms with Gasteiger partial charge in [-0.15, -0.1) is 4.21 Å². The van der Waals surface area contributed by atoms with Crippen molar-refractivity contribution in [3.63, 3.8) is 0 Å². The monoisotopic (exact) mass is 359 g/mol. The van der Waals surface area contributed by atoms with Crippen LogP contribution >= 0.6 is 0 Å². The summed E-state index contributed by atoms with van der Waals surface area (Å²) in [4.78, 5) is 4.23. The quantitative estimate of drug-likeness (QED) is 0.473. The van der Waals surface area contributed by atoms with Gasteiger partial charge in [-0.2, -0.15) is 13.2 Å². The van der Waals surface area contributed by atoms with Crippen molar-refractivity contribution < 1.29 is 26.7 Å². The van der Waals surface area contributed by atoms with E-state index >= 15 is 0 Å². The molecule has 0 amide bonds. The fraction of sp³-hybridized carbons (Fsp3) is 0.438. The number of alkyl halides is 3. The molecule has 0 N–H and O–H groups in total. The topological polar surface area (TPSA) is 61.7 Å². The molecule has 0 radical (unpaired) electrons. The van der Waals surface area contributed by atoms with Crippen molar-refractivity contribution in [3.8, 4) is 0 Å². The predicted molar refractivity (Wildman–Crippen MR) is 83.7 cm³/mol. The fourth-order valence-electron chi connectivity index (χ4n) is 2.74. The van der Waals surface area contributed by atoms with Gasteiger partial charge in [-0.25, -0.2) is 0 Å². The lowest BCUT2D eigenvalue weighted by atomic mass is 10.1. The van der Waals surface area contributed by atoms with Gasteiger partial charge in [0.05, 0.1) is 11.6 Å². The van der Waals surface area contributed by atoms with Crippen LogP contribution < -0.4 is 0 Å². The van der Waals surface area contributed by atoms with Gasteiger partial charge < -0.3 is 9.29 Å². The predicted octanol–water partition coefficient (Wildman–Crippen LogP) is 3.17. The summed E-state index contributed by atoms with van der Waals surface area (Å²) in [5, 5.41) is 0. The van der Waals surface area contributed by atoms with Crippen molar-refractivity contribution in [2.75, 3.05) is 11.5 Å². The minimum Gasteiger partial charge on any atom is -0.615 e. The van der Waals surface area contributed by atoms with Crippen LogP contribution in [0.3, 0.4) is 0 Å². The Morgan fingerprint density at radius 3 is 2.79 bits per heavy atom. The second-order valence-electron chi connectivity index (χ2n) is 5.88. The first-order valence-electron chi connectivity index (χ1n) is 7.48. The van der Waals surface area contributed by atoms with Gasteiger partial charge in [0, 0.05) is 22.8 Å². The van der Waals surface area contributed by atoms with E-state index in [9.17, 15) is 21.9 Å². The van der Waals surface area contributed by atoms with Gasteiger partial charge in [-0.3, -0.25) is 4.99 Å². The highest BCUT2D eigenvalue weighted by atomic mass is 32.3. The van der Waals surface area contributed by atoms with Gasteiger partial charge in [0.2, 0.25) is 0 Å². The van der Waals surface area contributed by atoms with Gasteiger partial charge in [-0.05, 0) is 17.7 Å². The molecule has 1 saturated heterocycles. The average Bonchev–Trinajstić information content (AvgIpc) is 3.11. The Morgan fingerprint density at radius 1 is 1.33 bits per heavy atom. The maximum atomic E-state index is 12.8. The van der Waals surface area contributed by atoms with E-state index in [1.165, 1.54) is 12.3 Å². The van der Waals surface area contributed by atoms with Gasteiger partial charge in [0.15, 0.2) is 0 Å². The zero-order valence-electron chi connectivity index (χ0n) is 12.6. The maximum Gasteiger partial charge on any atom is 0.416 e. The second kappa shape index (κ2) is 6.42. The number of sulfone groups is 1. The van der Waals surface area contributed by atoms with Gasteiger partial charge >= 0.3 is 6.18 Å². The molecule has 4 nitrogen and oxygen atoms in total. The Labute approximate surface area is 138 Å². The number of halogens is 3. The summed E-state index contributed by atoms with van der Waals surface area (Å²) in [7, 11) is -2.99. The first-order valence-corrected chi connectivity index (χ1v) is 9.30. The first kappa shape index (κ1) is 17.3. The number of aliphatic imine (C=N–C) groups is 1. The van der Waals surface area contributed by atoms with E-state index in [1.807, 2.05) is 0 Å². The Hall–Kier alpha value is -1.51. The zero-order valence-corrected chi connectivity index (χ0v) is 13.4. The van der Waals surface area contributed by atoms with Crippen LogP contribution in [0.5, 0.6) is 0 Å². The van der Waals surface area contributed by atoms with Crippen LogP contribution in [0.15, 0.2) is 41.4 Å². The van der Waals surface area contributed by atoms with Crippen LogP contribution in [0.25, 0.3) is 0 Å². The normalized spacial score (nSPS) is 33.6. The molecule has 0 bridgehead atoms. The number of ether oxygens (including phenoxy) is 1. The number of hydrogen-bond donors (Lipinski definition) is 0. The molecule has 24 heavy (non-hydrogen) atoms. The zero-order chi connectivity index (χ0) is 17.4. The van der Waals surface area contributed by atoms with Crippen LogP contribution in [0.1, 0.15) is 23.7 Å². The summed E-state index contributed by atoms with van der Waals surface area (Å²) < 4.78 is 66.7. The molecule has 0 saturated carbocycles. The van der Waals surface area contributed by atoms with E-state index in [4.69, 9.17) is 4.74 Å². The molecule has 3 rings (SSSR count). The molecule has 4 unspecified atom stereocenters. The third kappa shape index (κ3) is 4.12. The lowest BCUT2D eigenvalue weighted by Gasteiger charge is -2.14. The van der Waals surface area contributed by atoms with Crippen LogP contribution in [0.2, 0.25) is 0 Å². The standard InChI is InChI=1S/C16H16F3NO3S/c17-16(18,19)12-3-1-2-11(8-12)15-5-4-14(23-15)9-20-13-6-7-24(21,22)10-13/h1-5,8-9,13-15H,6-7,10H2. The average molecular weight is 359 g/mol. The van der Waals surface area contributed by atoms with Crippen molar-refractivity contribution in [2.24, 2.45) is 4.99 Å². The summed E-state index contributed by atoms with van der Waals surface area (Å²) in [6.45, 7) is 0.